The second-order valence-electron chi connectivity index (χ2n) is 5.09. The van der Waals surface area contributed by atoms with E-state index in [2.05, 4.69) is 5.32 Å². The summed E-state index contributed by atoms with van der Waals surface area (Å²) in [6.45, 7) is 1.93. The summed E-state index contributed by atoms with van der Waals surface area (Å²) in [6, 6.07) is -0.186. The molecule has 20 heavy (non-hydrogen) atoms. The molecule has 0 amide bonds. The van der Waals surface area contributed by atoms with Crippen LogP contribution in [-0.4, -0.2) is 53.7 Å². The number of piperidine rings is 1. The van der Waals surface area contributed by atoms with Gasteiger partial charge in [0.25, 0.3) is 0 Å². The third-order valence-corrected chi connectivity index (χ3v) is 3.56. The van der Waals surface area contributed by atoms with E-state index in [0.717, 1.165) is 45.2 Å². The third kappa shape index (κ3) is 9.20. The number of carbonyl (C=O) groups excluding carboxylic acids is 2. The van der Waals surface area contributed by atoms with E-state index in [9.17, 15) is 5.11 Å². The van der Waals surface area contributed by atoms with Crippen molar-refractivity contribution in [1.82, 2.24) is 5.32 Å². The summed E-state index contributed by atoms with van der Waals surface area (Å²) in [5.41, 5.74) is 5.97. The maximum Gasteiger partial charge on any atom is 0.451 e. The van der Waals surface area contributed by atoms with Crippen LogP contribution in [0.15, 0.2) is 0 Å². The maximum absolute atomic E-state index is 10.1. The molecule has 1 aliphatic heterocycles. The summed E-state index contributed by atoms with van der Waals surface area (Å²) in [6.07, 6.45) is 4.52. The van der Waals surface area contributed by atoms with E-state index >= 15 is 0 Å². The van der Waals surface area contributed by atoms with Crippen LogP contribution < -0.4 is 11.1 Å². The van der Waals surface area contributed by atoms with Crippen molar-refractivity contribution in [2.45, 2.75) is 50.6 Å². The largest absolute Gasteiger partial charge is 0.451 e. The van der Waals surface area contributed by atoms with Gasteiger partial charge in [-0.1, -0.05) is 12.8 Å². The molecule has 1 aliphatic rings. The molecule has 2 atom stereocenters. The van der Waals surface area contributed by atoms with Gasteiger partial charge in [0.2, 0.25) is 0 Å². The SMILES string of the molecule is NC(CCCCB(O)O)C(O)C1CCNCC1.O=C=O. The summed E-state index contributed by atoms with van der Waals surface area (Å²) in [5.74, 6) is 0.315. The number of aliphatic hydroxyl groups excluding tert-OH is 1. The Kier molecular flexibility index (Phi) is 11.6. The van der Waals surface area contributed by atoms with Crippen molar-refractivity contribution in [2.24, 2.45) is 11.7 Å². The molecule has 0 aliphatic carbocycles. The molecule has 0 aromatic rings. The molecule has 116 valence electrons. The molecule has 0 radical (unpaired) electrons. The highest BCUT2D eigenvalue weighted by Gasteiger charge is 2.26. The van der Waals surface area contributed by atoms with Gasteiger partial charge in [-0.25, -0.2) is 0 Å². The molecule has 0 aromatic heterocycles. The van der Waals surface area contributed by atoms with Crippen molar-refractivity contribution in [3.05, 3.63) is 0 Å². The minimum Gasteiger partial charge on any atom is -0.427 e. The van der Waals surface area contributed by atoms with Crippen LogP contribution in [0.4, 0.5) is 0 Å². The van der Waals surface area contributed by atoms with Gasteiger partial charge in [-0.05, 0) is 44.6 Å². The summed E-state index contributed by atoms with van der Waals surface area (Å²) in [4.78, 5) is 16.2. The summed E-state index contributed by atoms with van der Waals surface area (Å²) >= 11 is 0. The minimum absolute atomic E-state index is 0.186. The van der Waals surface area contributed by atoms with Gasteiger partial charge in [-0.3, -0.25) is 0 Å². The van der Waals surface area contributed by atoms with Crippen molar-refractivity contribution >= 4 is 13.3 Å². The van der Waals surface area contributed by atoms with Gasteiger partial charge in [0.05, 0.1) is 6.10 Å². The van der Waals surface area contributed by atoms with Crippen LogP contribution in [0.25, 0.3) is 0 Å². The molecule has 1 saturated heterocycles. The zero-order chi connectivity index (χ0) is 15.4. The van der Waals surface area contributed by atoms with Crippen molar-refractivity contribution in [3.8, 4) is 0 Å². The highest BCUT2D eigenvalue weighted by molar-refractivity contribution is 6.40. The Labute approximate surface area is 119 Å². The first-order chi connectivity index (χ1) is 9.52. The van der Waals surface area contributed by atoms with E-state index in [-0.39, 0.29) is 12.2 Å². The quantitative estimate of drug-likeness (QED) is 0.291. The summed E-state index contributed by atoms with van der Waals surface area (Å²) in [7, 11) is -1.22. The fourth-order valence-electron chi connectivity index (χ4n) is 2.41. The van der Waals surface area contributed by atoms with Crippen LogP contribution >= 0.6 is 0 Å². The standard InChI is InChI=1S/C11H25BN2O3.CO2/c13-10(3-1-2-6-12(16)17)11(15)9-4-7-14-8-5-9;2-1-3/h9-11,14-17H,1-8,13H2;. The number of aliphatic hydroxyl groups is 1. The maximum atomic E-state index is 10.1. The lowest BCUT2D eigenvalue weighted by Gasteiger charge is -2.30. The van der Waals surface area contributed by atoms with E-state index in [0.29, 0.717) is 12.2 Å². The Hall–Kier alpha value is -0.755. The number of hydrogen-bond acceptors (Lipinski definition) is 7. The predicted molar refractivity (Wildman–Crippen MR) is 73.4 cm³/mol. The second-order valence-corrected chi connectivity index (χ2v) is 5.09. The Morgan fingerprint density at radius 3 is 2.30 bits per heavy atom. The van der Waals surface area contributed by atoms with Crippen molar-refractivity contribution in [1.29, 1.82) is 0 Å². The number of nitrogens with two attached hydrogens (primary N) is 1. The first-order valence-corrected chi connectivity index (χ1v) is 7.02. The molecule has 1 fully saturated rings. The fourth-order valence-corrected chi connectivity index (χ4v) is 2.41. The minimum atomic E-state index is -1.22. The molecule has 8 heteroatoms. The van der Waals surface area contributed by atoms with Gasteiger partial charge in [0.15, 0.2) is 0 Å². The molecule has 6 N–H and O–H groups in total. The normalized spacial score (nSPS) is 18.4. The van der Waals surface area contributed by atoms with Crippen LogP contribution in [0.3, 0.4) is 0 Å². The lowest BCUT2D eigenvalue weighted by Crippen LogP contribution is -2.44. The first-order valence-electron chi connectivity index (χ1n) is 7.02. The highest BCUT2D eigenvalue weighted by Crippen LogP contribution is 2.20. The van der Waals surface area contributed by atoms with E-state index in [1.54, 1.807) is 0 Å². The Morgan fingerprint density at radius 2 is 1.80 bits per heavy atom. The predicted octanol–water partition coefficient (Wildman–Crippen LogP) is -1.27. The average molecular weight is 288 g/mol. The highest BCUT2D eigenvalue weighted by atomic mass is 16.4. The topological polar surface area (TPSA) is 133 Å². The molecular formula is C12H25BN2O5. The molecule has 1 rings (SSSR count). The second kappa shape index (κ2) is 12.0. The lowest BCUT2D eigenvalue weighted by molar-refractivity contribution is -0.191. The first kappa shape index (κ1) is 19.2. The molecule has 0 saturated carbocycles. The van der Waals surface area contributed by atoms with Crippen LogP contribution in [0.1, 0.15) is 32.1 Å². The zero-order valence-electron chi connectivity index (χ0n) is 11.7. The van der Waals surface area contributed by atoms with E-state index in [1.807, 2.05) is 0 Å². The Balaban J connectivity index is 0.00000110. The van der Waals surface area contributed by atoms with Gasteiger partial charge >= 0.3 is 13.3 Å². The monoisotopic (exact) mass is 288 g/mol. The van der Waals surface area contributed by atoms with E-state index in [4.69, 9.17) is 25.4 Å². The van der Waals surface area contributed by atoms with Crippen LogP contribution in [-0.2, 0) is 9.59 Å². The Bertz CT molecular complexity index is 269. The van der Waals surface area contributed by atoms with Gasteiger partial charge < -0.3 is 26.2 Å². The van der Waals surface area contributed by atoms with Crippen LogP contribution in [0.2, 0.25) is 6.32 Å². The van der Waals surface area contributed by atoms with Crippen LogP contribution in [0.5, 0.6) is 0 Å². The molecule has 1 heterocycles. The molecule has 7 nitrogen and oxygen atoms in total. The average Bonchev–Trinajstić information content (AvgIpc) is 2.44. The van der Waals surface area contributed by atoms with Crippen molar-refractivity contribution in [3.63, 3.8) is 0 Å². The van der Waals surface area contributed by atoms with Gasteiger partial charge in [-0.2, -0.15) is 9.59 Å². The van der Waals surface area contributed by atoms with Gasteiger partial charge in [0, 0.05) is 6.04 Å². The van der Waals surface area contributed by atoms with E-state index in [1.165, 1.54) is 0 Å². The number of hydrogen-bond donors (Lipinski definition) is 5. The molecule has 0 spiro atoms. The lowest BCUT2D eigenvalue weighted by atomic mass is 9.82. The number of rotatable bonds is 7. The van der Waals surface area contributed by atoms with Gasteiger partial charge in [-0.15, -0.1) is 0 Å². The fraction of sp³-hybridized carbons (Fsp3) is 0.917. The number of unbranched alkanes of at least 4 members (excludes halogenated alkanes) is 1. The number of nitrogens with one attached hydrogen (secondary N) is 1. The van der Waals surface area contributed by atoms with Crippen LogP contribution in [0, 0.1) is 5.92 Å². The smallest absolute Gasteiger partial charge is 0.427 e. The molecule has 0 bridgehead atoms. The Morgan fingerprint density at radius 1 is 1.25 bits per heavy atom. The molecule has 2 unspecified atom stereocenters. The zero-order valence-corrected chi connectivity index (χ0v) is 11.7. The third-order valence-electron chi connectivity index (χ3n) is 3.56. The van der Waals surface area contributed by atoms with Crippen molar-refractivity contribution in [2.75, 3.05) is 13.1 Å². The summed E-state index contributed by atoms with van der Waals surface area (Å²) in [5, 5.41) is 30.8. The molecular weight excluding hydrogens is 263 g/mol. The molecule has 0 aromatic carbocycles. The summed E-state index contributed by atoms with van der Waals surface area (Å²) < 4.78 is 0. The van der Waals surface area contributed by atoms with Gasteiger partial charge in [0.1, 0.15) is 0 Å². The van der Waals surface area contributed by atoms with E-state index < -0.39 is 13.2 Å². The van der Waals surface area contributed by atoms with Crippen molar-refractivity contribution < 1.29 is 24.7 Å².